The molecule has 4 heteroatoms. The van der Waals surface area contributed by atoms with Gasteiger partial charge in [0.25, 0.3) is 6.08 Å². The van der Waals surface area contributed by atoms with Crippen molar-refractivity contribution in [1.29, 1.82) is 0 Å². The van der Waals surface area contributed by atoms with Crippen molar-refractivity contribution in [2.24, 2.45) is 5.73 Å². The fourth-order valence-electron chi connectivity index (χ4n) is 0.967. The van der Waals surface area contributed by atoms with Gasteiger partial charge in [-0.25, -0.2) is 0 Å². The summed E-state index contributed by atoms with van der Waals surface area (Å²) in [6.45, 7) is -0.215. The highest BCUT2D eigenvalue weighted by atomic mass is 19.3. The number of halogens is 2. The summed E-state index contributed by atoms with van der Waals surface area (Å²) in [6, 6.07) is 5.48. The molecule has 3 N–H and O–H groups in total. The number of phenols is 1. The fraction of sp³-hybridized carbons (Fsp3) is 0.111. The monoisotopic (exact) mass is 185 g/mol. The van der Waals surface area contributed by atoms with Crippen LogP contribution in [0.1, 0.15) is 5.56 Å². The number of benzene rings is 1. The summed E-state index contributed by atoms with van der Waals surface area (Å²) in [6.07, 6.45) is -1.78. The molecular formula is C9H9F2NO. The Morgan fingerprint density at radius 3 is 2.15 bits per heavy atom. The number of phenolic OH excluding ortho intramolecular Hbond substituents is 1. The van der Waals surface area contributed by atoms with Crippen LogP contribution in [-0.2, 0) is 0 Å². The molecule has 0 saturated carbocycles. The van der Waals surface area contributed by atoms with Gasteiger partial charge in [0.15, 0.2) is 0 Å². The van der Waals surface area contributed by atoms with Crippen molar-refractivity contribution in [2.75, 3.05) is 6.54 Å². The summed E-state index contributed by atoms with van der Waals surface area (Å²) in [5, 5.41) is 8.91. The van der Waals surface area contributed by atoms with Gasteiger partial charge in [0.2, 0.25) is 0 Å². The smallest absolute Gasteiger partial charge is 0.275 e. The maximum absolute atomic E-state index is 12.2. The summed E-state index contributed by atoms with van der Waals surface area (Å²) in [5.41, 5.74) is 5.28. The van der Waals surface area contributed by atoms with E-state index >= 15 is 0 Å². The molecule has 0 saturated heterocycles. The van der Waals surface area contributed by atoms with Crippen LogP contribution in [0.4, 0.5) is 8.78 Å². The first-order chi connectivity index (χ1) is 6.15. The van der Waals surface area contributed by atoms with E-state index in [-0.39, 0.29) is 17.9 Å². The van der Waals surface area contributed by atoms with E-state index in [1.807, 2.05) is 0 Å². The summed E-state index contributed by atoms with van der Waals surface area (Å²) < 4.78 is 24.4. The van der Waals surface area contributed by atoms with E-state index in [2.05, 4.69) is 0 Å². The maximum Gasteiger partial charge on any atom is 0.275 e. The van der Waals surface area contributed by atoms with Crippen molar-refractivity contribution in [1.82, 2.24) is 0 Å². The highest BCUT2D eigenvalue weighted by Gasteiger charge is 2.06. The average molecular weight is 185 g/mol. The van der Waals surface area contributed by atoms with Gasteiger partial charge in [-0.05, 0) is 17.7 Å². The minimum atomic E-state index is -1.78. The standard InChI is InChI=1S/C9H9F2NO/c10-9(11)8(5-12)6-1-3-7(13)4-2-6/h1-4,13H,5,12H2. The Bertz CT molecular complexity index is 315. The summed E-state index contributed by atoms with van der Waals surface area (Å²) in [5.74, 6) is 0.0411. The van der Waals surface area contributed by atoms with Crippen molar-refractivity contribution in [3.05, 3.63) is 35.9 Å². The van der Waals surface area contributed by atoms with Crippen molar-refractivity contribution in [3.63, 3.8) is 0 Å². The number of hydrogen-bond acceptors (Lipinski definition) is 2. The number of rotatable bonds is 2. The molecule has 0 fully saturated rings. The summed E-state index contributed by atoms with van der Waals surface area (Å²) in [7, 11) is 0. The predicted octanol–water partition coefficient (Wildman–Crippen LogP) is 1.96. The highest BCUT2D eigenvalue weighted by Crippen LogP contribution is 2.21. The van der Waals surface area contributed by atoms with Crippen molar-refractivity contribution >= 4 is 5.57 Å². The molecule has 0 heterocycles. The van der Waals surface area contributed by atoms with Crippen LogP contribution in [0.3, 0.4) is 0 Å². The van der Waals surface area contributed by atoms with Crippen LogP contribution in [0.2, 0.25) is 0 Å². The Labute approximate surface area is 74.3 Å². The van der Waals surface area contributed by atoms with Crippen LogP contribution in [0.25, 0.3) is 5.57 Å². The Morgan fingerprint density at radius 1 is 1.23 bits per heavy atom. The van der Waals surface area contributed by atoms with Crippen LogP contribution in [-0.4, -0.2) is 11.7 Å². The second kappa shape index (κ2) is 4.00. The van der Waals surface area contributed by atoms with Crippen molar-refractivity contribution in [2.45, 2.75) is 0 Å². The quantitative estimate of drug-likeness (QED) is 0.739. The van der Waals surface area contributed by atoms with Gasteiger partial charge in [-0.15, -0.1) is 0 Å². The molecule has 13 heavy (non-hydrogen) atoms. The van der Waals surface area contributed by atoms with Gasteiger partial charge in [0, 0.05) is 12.1 Å². The molecule has 0 aliphatic heterocycles. The number of hydrogen-bond donors (Lipinski definition) is 2. The molecule has 0 aromatic heterocycles. The predicted molar refractivity (Wildman–Crippen MR) is 46.3 cm³/mol. The first-order valence-corrected chi connectivity index (χ1v) is 3.68. The van der Waals surface area contributed by atoms with Crippen LogP contribution in [0, 0.1) is 0 Å². The van der Waals surface area contributed by atoms with E-state index in [9.17, 15) is 8.78 Å². The molecule has 0 atom stereocenters. The Kier molecular flexibility index (Phi) is 2.97. The molecule has 70 valence electrons. The summed E-state index contributed by atoms with van der Waals surface area (Å²) in [4.78, 5) is 0. The van der Waals surface area contributed by atoms with Gasteiger partial charge in [-0.3, -0.25) is 0 Å². The van der Waals surface area contributed by atoms with Gasteiger partial charge in [0.05, 0.1) is 0 Å². The minimum absolute atomic E-state index is 0.0411. The third kappa shape index (κ3) is 2.26. The molecule has 0 aliphatic rings. The lowest BCUT2D eigenvalue weighted by Crippen LogP contribution is -2.02. The van der Waals surface area contributed by atoms with Crippen LogP contribution < -0.4 is 5.73 Å². The fourth-order valence-corrected chi connectivity index (χ4v) is 0.967. The van der Waals surface area contributed by atoms with Crippen LogP contribution in [0.5, 0.6) is 5.75 Å². The summed E-state index contributed by atoms with van der Waals surface area (Å²) >= 11 is 0. The minimum Gasteiger partial charge on any atom is -0.508 e. The Hall–Kier alpha value is -1.42. The van der Waals surface area contributed by atoms with E-state index in [0.29, 0.717) is 5.56 Å². The van der Waals surface area contributed by atoms with Gasteiger partial charge >= 0.3 is 0 Å². The molecule has 0 amide bonds. The van der Waals surface area contributed by atoms with Crippen LogP contribution in [0.15, 0.2) is 30.3 Å². The first-order valence-electron chi connectivity index (χ1n) is 3.68. The molecule has 1 aromatic carbocycles. The molecule has 0 aliphatic carbocycles. The topological polar surface area (TPSA) is 46.2 Å². The molecular weight excluding hydrogens is 176 g/mol. The third-order valence-corrected chi connectivity index (χ3v) is 1.65. The third-order valence-electron chi connectivity index (χ3n) is 1.65. The maximum atomic E-state index is 12.2. The zero-order valence-corrected chi connectivity index (χ0v) is 6.80. The second-order valence-electron chi connectivity index (χ2n) is 2.49. The lowest BCUT2D eigenvalue weighted by molar-refractivity contribution is 0.424. The first kappa shape index (κ1) is 9.67. The Morgan fingerprint density at radius 2 is 1.77 bits per heavy atom. The van der Waals surface area contributed by atoms with Gasteiger partial charge in [-0.2, -0.15) is 8.78 Å². The highest BCUT2D eigenvalue weighted by molar-refractivity contribution is 5.67. The van der Waals surface area contributed by atoms with Crippen LogP contribution >= 0.6 is 0 Å². The van der Waals surface area contributed by atoms with E-state index in [1.54, 1.807) is 0 Å². The molecule has 1 aromatic rings. The molecule has 0 radical (unpaired) electrons. The largest absolute Gasteiger partial charge is 0.508 e. The van der Waals surface area contributed by atoms with E-state index in [4.69, 9.17) is 10.8 Å². The van der Waals surface area contributed by atoms with Gasteiger partial charge in [-0.1, -0.05) is 12.1 Å². The number of nitrogens with two attached hydrogens (primary N) is 1. The molecule has 1 rings (SSSR count). The van der Waals surface area contributed by atoms with E-state index in [1.165, 1.54) is 24.3 Å². The number of aromatic hydroxyl groups is 1. The van der Waals surface area contributed by atoms with Crippen molar-refractivity contribution < 1.29 is 13.9 Å². The Balaban J connectivity index is 3.07. The molecule has 2 nitrogen and oxygen atoms in total. The lowest BCUT2D eigenvalue weighted by Gasteiger charge is -2.02. The molecule has 0 unspecified atom stereocenters. The average Bonchev–Trinajstić information content (AvgIpc) is 2.09. The van der Waals surface area contributed by atoms with E-state index in [0.717, 1.165) is 0 Å². The van der Waals surface area contributed by atoms with Gasteiger partial charge < -0.3 is 10.8 Å². The zero-order valence-electron chi connectivity index (χ0n) is 6.80. The van der Waals surface area contributed by atoms with Crippen molar-refractivity contribution in [3.8, 4) is 5.75 Å². The lowest BCUT2D eigenvalue weighted by atomic mass is 10.1. The molecule has 0 spiro atoms. The zero-order chi connectivity index (χ0) is 9.84. The SMILES string of the molecule is NCC(=C(F)F)c1ccc(O)cc1. The van der Waals surface area contributed by atoms with E-state index < -0.39 is 6.08 Å². The molecule has 0 bridgehead atoms. The normalized spacial score (nSPS) is 9.77. The van der Waals surface area contributed by atoms with Gasteiger partial charge in [0.1, 0.15) is 5.75 Å². The second-order valence-corrected chi connectivity index (χ2v) is 2.49.